The molecular weight excluding hydrogens is 296 g/mol. The van der Waals surface area contributed by atoms with E-state index in [9.17, 15) is 14.9 Å². The molecule has 7 nitrogen and oxygen atoms in total. The number of carbonyl (C=O) groups excluding carboxylic acids is 1. The van der Waals surface area contributed by atoms with E-state index in [1.54, 1.807) is 12.1 Å². The minimum Gasteiger partial charge on any atom is -0.307 e. The Bertz CT molecular complexity index is 701. The number of amides is 1. The van der Waals surface area contributed by atoms with E-state index in [1.165, 1.54) is 36.7 Å². The molecule has 0 spiro atoms. The van der Waals surface area contributed by atoms with Gasteiger partial charge in [-0.1, -0.05) is 11.6 Å². The van der Waals surface area contributed by atoms with Gasteiger partial charge in [0.25, 0.3) is 5.69 Å². The van der Waals surface area contributed by atoms with Crippen molar-refractivity contribution in [1.29, 1.82) is 0 Å². The van der Waals surface area contributed by atoms with Crippen LogP contribution in [0.1, 0.15) is 5.56 Å². The summed E-state index contributed by atoms with van der Waals surface area (Å²) in [4.78, 5) is 29.2. The Kier molecular flexibility index (Phi) is 4.57. The number of rotatable bonds is 4. The van der Waals surface area contributed by atoms with E-state index in [0.717, 1.165) is 0 Å². The molecule has 0 aliphatic heterocycles. The van der Waals surface area contributed by atoms with E-state index in [0.29, 0.717) is 5.56 Å². The number of non-ortho nitro benzene ring substituents is 1. The number of benzene rings is 1. The molecule has 0 bridgehead atoms. The van der Waals surface area contributed by atoms with Crippen LogP contribution in [0.4, 0.5) is 11.5 Å². The zero-order valence-corrected chi connectivity index (χ0v) is 11.3. The van der Waals surface area contributed by atoms with Crippen LogP contribution in [0.2, 0.25) is 5.15 Å². The maximum Gasteiger partial charge on any atom is 0.269 e. The lowest BCUT2D eigenvalue weighted by atomic mass is 10.2. The minimum absolute atomic E-state index is 0.00720. The van der Waals surface area contributed by atoms with Crippen LogP contribution >= 0.6 is 11.6 Å². The standard InChI is InChI=1S/C13H9ClN4O3/c14-11-7-12(16-8-15-11)17-13(19)6-3-9-1-4-10(5-2-9)18(20)21/h1-8H,(H,15,16,17,19)/b6-3+. The summed E-state index contributed by atoms with van der Waals surface area (Å²) < 4.78 is 0. The van der Waals surface area contributed by atoms with Gasteiger partial charge in [0.1, 0.15) is 17.3 Å². The van der Waals surface area contributed by atoms with Crippen LogP contribution < -0.4 is 5.32 Å². The molecule has 0 aliphatic carbocycles. The van der Waals surface area contributed by atoms with Gasteiger partial charge in [0.05, 0.1) is 4.92 Å². The summed E-state index contributed by atoms with van der Waals surface area (Å²) in [7, 11) is 0. The maximum atomic E-state index is 11.7. The molecule has 1 N–H and O–H groups in total. The summed E-state index contributed by atoms with van der Waals surface area (Å²) in [6.07, 6.45) is 4.05. The van der Waals surface area contributed by atoms with Gasteiger partial charge >= 0.3 is 0 Å². The largest absolute Gasteiger partial charge is 0.307 e. The molecule has 21 heavy (non-hydrogen) atoms. The smallest absolute Gasteiger partial charge is 0.269 e. The molecule has 8 heteroatoms. The first-order valence-corrected chi connectivity index (χ1v) is 6.13. The van der Waals surface area contributed by atoms with Crippen molar-refractivity contribution < 1.29 is 9.72 Å². The van der Waals surface area contributed by atoms with Gasteiger partial charge in [0.2, 0.25) is 5.91 Å². The third-order valence-corrected chi connectivity index (χ3v) is 2.62. The van der Waals surface area contributed by atoms with Crippen LogP contribution in [0, 0.1) is 10.1 Å². The number of nitro groups is 1. The summed E-state index contributed by atoms with van der Waals surface area (Å²) in [5.41, 5.74) is 0.656. The number of halogens is 1. The number of anilines is 1. The average molecular weight is 305 g/mol. The second-order valence-corrected chi connectivity index (χ2v) is 4.28. The van der Waals surface area contributed by atoms with Gasteiger partial charge in [-0.2, -0.15) is 0 Å². The molecule has 1 aromatic heterocycles. The first-order chi connectivity index (χ1) is 10.0. The Morgan fingerprint density at radius 3 is 2.62 bits per heavy atom. The van der Waals surface area contributed by atoms with Crippen LogP contribution in [0.3, 0.4) is 0 Å². The molecule has 0 fully saturated rings. The number of hydrogen-bond acceptors (Lipinski definition) is 5. The van der Waals surface area contributed by atoms with Crippen molar-refractivity contribution >= 4 is 35.1 Å². The Morgan fingerprint density at radius 1 is 1.29 bits per heavy atom. The highest BCUT2D eigenvalue weighted by Gasteiger charge is 2.03. The fourth-order valence-electron chi connectivity index (χ4n) is 1.45. The van der Waals surface area contributed by atoms with Gasteiger partial charge in [-0.3, -0.25) is 14.9 Å². The summed E-state index contributed by atoms with van der Waals surface area (Å²) in [5, 5.41) is 13.2. The Labute approximate surface area is 124 Å². The molecule has 1 aromatic carbocycles. The zero-order valence-electron chi connectivity index (χ0n) is 10.6. The van der Waals surface area contributed by atoms with E-state index in [2.05, 4.69) is 15.3 Å². The highest BCUT2D eigenvalue weighted by molar-refractivity contribution is 6.29. The van der Waals surface area contributed by atoms with Gasteiger partial charge < -0.3 is 5.32 Å². The van der Waals surface area contributed by atoms with E-state index >= 15 is 0 Å². The second kappa shape index (κ2) is 6.58. The quantitative estimate of drug-likeness (QED) is 0.405. The Hall–Kier alpha value is -2.80. The van der Waals surface area contributed by atoms with Crippen LogP contribution in [-0.4, -0.2) is 20.8 Å². The summed E-state index contributed by atoms with van der Waals surface area (Å²) in [5.74, 6) is -0.114. The molecule has 0 atom stereocenters. The molecule has 1 heterocycles. The van der Waals surface area contributed by atoms with Crippen molar-refractivity contribution in [2.75, 3.05) is 5.32 Å². The average Bonchev–Trinajstić information content (AvgIpc) is 2.45. The number of nitrogens with zero attached hydrogens (tertiary/aromatic N) is 3. The van der Waals surface area contributed by atoms with Gasteiger partial charge in [-0.25, -0.2) is 9.97 Å². The predicted octanol–water partition coefficient (Wildman–Crippen LogP) is 2.69. The Balaban J connectivity index is 2.00. The molecular formula is C13H9ClN4O3. The lowest BCUT2D eigenvalue weighted by Gasteiger charge is -2.00. The topological polar surface area (TPSA) is 98.0 Å². The third-order valence-electron chi connectivity index (χ3n) is 2.42. The van der Waals surface area contributed by atoms with E-state index < -0.39 is 10.8 Å². The fraction of sp³-hybridized carbons (Fsp3) is 0. The van der Waals surface area contributed by atoms with Crippen molar-refractivity contribution in [3.05, 3.63) is 63.6 Å². The number of nitro benzene ring substituents is 1. The molecule has 1 amide bonds. The maximum absolute atomic E-state index is 11.7. The van der Waals surface area contributed by atoms with Crippen LogP contribution in [0.5, 0.6) is 0 Å². The third kappa shape index (κ3) is 4.36. The van der Waals surface area contributed by atoms with Gasteiger partial charge in [-0.05, 0) is 23.8 Å². The molecule has 0 unspecified atom stereocenters. The highest BCUT2D eigenvalue weighted by Crippen LogP contribution is 2.13. The summed E-state index contributed by atoms with van der Waals surface area (Å²) in [6.45, 7) is 0. The first kappa shape index (κ1) is 14.6. The molecule has 0 aliphatic rings. The SMILES string of the molecule is O=C(/C=C/c1ccc([N+](=O)[O-])cc1)Nc1cc(Cl)ncn1. The van der Waals surface area contributed by atoms with Gasteiger partial charge in [-0.15, -0.1) is 0 Å². The number of nitrogens with one attached hydrogen (secondary N) is 1. The molecule has 2 aromatic rings. The van der Waals surface area contributed by atoms with Gasteiger partial charge in [0, 0.05) is 24.3 Å². The zero-order chi connectivity index (χ0) is 15.2. The lowest BCUT2D eigenvalue weighted by Crippen LogP contribution is -2.09. The fourth-order valence-corrected chi connectivity index (χ4v) is 1.60. The minimum atomic E-state index is -0.487. The summed E-state index contributed by atoms with van der Waals surface area (Å²) >= 11 is 5.67. The van der Waals surface area contributed by atoms with Crippen molar-refractivity contribution in [1.82, 2.24) is 9.97 Å². The monoisotopic (exact) mass is 304 g/mol. The van der Waals surface area contributed by atoms with Crippen molar-refractivity contribution in [3.63, 3.8) is 0 Å². The highest BCUT2D eigenvalue weighted by atomic mass is 35.5. The van der Waals surface area contributed by atoms with Crippen LogP contribution in [0.25, 0.3) is 6.08 Å². The second-order valence-electron chi connectivity index (χ2n) is 3.90. The Morgan fingerprint density at radius 2 is 2.00 bits per heavy atom. The van der Waals surface area contributed by atoms with Crippen molar-refractivity contribution in [2.45, 2.75) is 0 Å². The number of hydrogen-bond donors (Lipinski definition) is 1. The molecule has 106 valence electrons. The summed E-state index contributed by atoms with van der Waals surface area (Å²) in [6, 6.07) is 7.23. The van der Waals surface area contributed by atoms with Crippen LogP contribution in [0.15, 0.2) is 42.7 Å². The van der Waals surface area contributed by atoms with Crippen molar-refractivity contribution in [3.8, 4) is 0 Å². The normalized spacial score (nSPS) is 10.5. The number of aromatic nitrogens is 2. The molecule has 0 saturated heterocycles. The van der Waals surface area contributed by atoms with Crippen LogP contribution in [-0.2, 0) is 4.79 Å². The first-order valence-electron chi connectivity index (χ1n) is 5.75. The van der Waals surface area contributed by atoms with Gasteiger partial charge in [0.15, 0.2) is 0 Å². The van der Waals surface area contributed by atoms with Crippen molar-refractivity contribution in [2.24, 2.45) is 0 Å². The predicted molar refractivity (Wildman–Crippen MR) is 77.8 cm³/mol. The van der Waals surface area contributed by atoms with E-state index in [4.69, 9.17) is 11.6 Å². The molecule has 2 rings (SSSR count). The lowest BCUT2D eigenvalue weighted by molar-refractivity contribution is -0.384. The number of carbonyl (C=O) groups is 1. The van der Waals surface area contributed by atoms with E-state index in [-0.39, 0.29) is 16.7 Å². The molecule has 0 radical (unpaired) electrons. The van der Waals surface area contributed by atoms with E-state index in [1.807, 2.05) is 0 Å². The molecule has 0 saturated carbocycles.